The van der Waals surface area contributed by atoms with Gasteiger partial charge in [-0.25, -0.2) is 4.98 Å². The fourth-order valence-corrected chi connectivity index (χ4v) is 3.17. The van der Waals surface area contributed by atoms with E-state index in [1.54, 1.807) is 23.5 Å². The lowest BCUT2D eigenvalue weighted by Crippen LogP contribution is -2.45. The zero-order valence-electron chi connectivity index (χ0n) is 15.4. The van der Waals surface area contributed by atoms with E-state index < -0.39 is 17.9 Å². The molecule has 1 aromatic heterocycles. The van der Waals surface area contributed by atoms with E-state index in [9.17, 15) is 14.4 Å². The number of nitrogens with zero attached hydrogens (tertiary/aromatic N) is 3. The maximum atomic E-state index is 12.7. The minimum absolute atomic E-state index is 0.0439. The fraction of sp³-hybridized carbons (Fsp3) is 0.368. The molecule has 0 aliphatic carbocycles. The second kappa shape index (κ2) is 8.03. The lowest BCUT2D eigenvalue weighted by atomic mass is 10.1. The van der Waals surface area contributed by atoms with E-state index in [1.807, 2.05) is 42.8 Å². The molecular weight excluding hydrogens is 346 g/mol. The molecular formula is C19H23N5O3. The molecule has 1 aliphatic rings. The van der Waals surface area contributed by atoms with Gasteiger partial charge in [0.2, 0.25) is 0 Å². The SMILES string of the molecule is CC(C)N1C(=O)C(NC(=O)C(=O)NCCCn2ccnc2)c2ccccc21. The van der Waals surface area contributed by atoms with Crippen LogP contribution in [-0.4, -0.2) is 39.9 Å². The molecule has 0 bridgehead atoms. The van der Waals surface area contributed by atoms with Gasteiger partial charge in [-0.2, -0.15) is 0 Å². The molecule has 1 atom stereocenters. The smallest absolute Gasteiger partial charge is 0.310 e. The number of hydrogen-bond donors (Lipinski definition) is 2. The third-order valence-corrected chi connectivity index (χ3v) is 4.43. The molecule has 3 rings (SSSR count). The summed E-state index contributed by atoms with van der Waals surface area (Å²) in [5.41, 5.74) is 1.47. The van der Waals surface area contributed by atoms with Crippen LogP contribution in [0.5, 0.6) is 0 Å². The van der Waals surface area contributed by atoms with Gasteiger partial charge < -0.3 is 20.1 Å². The predicted octanol–water partition coefficient (Wildman–Crippen LogP) is 1.00. The maximum Gasteiger partial charge on any atom is 0.310 e. The molecule has 8 nitrogen and oxygen atoms in total. The third kappa shape index (κ3) is 3.99. The van der Waals surface area contributed by atoms with Gasteiger partial charge in [-0.15, -0.1) is 0 Å². The number of fused-ring (bicyclic) bond motifs is 1. The summed E-state index contributed by atoms with van der Waals surface area (Å²) in [6.45, 7) is 4.87. The summed E-state index contributed by atoms with van der Waals surface area (Å²) in [5, 5.41) is 5.15. The number of anilines is 1. The first-order valence-corrected chi connectivity index (χ1v) is 8.95. The van der Waals surface area contributed by atoms with E-state index in [0.717, 1.165) is 5.69 Å². The molecule has 0 saturated carbocycles. The highest BCUT2D eigenvalue weighted by Gasteiger charge is 2.39. The number of aryl methyl sites for hydroxylation is 1. The highest BCUT2D eigenvalue weighted by atomic mass is 16.2. The normalized spacial score (nSPS) is 15.7. The number of hydrogen-bond acceptors (Lipinski definition) is 4. The van der Waals surface area contributed by atoms with Crippen LogP contribution >= 0.6 is 0 Å². The zero-order valence-corrected chi connectivity index (χ0v) is 15.4. The Morgan fingerprint density at radius 3 is 2.70 bits per heavy atom. The number of imidazole rings is 1. The average molecular weight is 369 g/mol. The molecule has 8 heteroatoms. The van der Waals surface area contributed by atoms with Crippen molar-refractivity contribution in [1.29, 1.82) is 0 Å². The molecule has 0 saturated heterocycles. The van der Waals surface area contributed by atoms with Crippen molar-refractivity contribution in [2.24, 2.45) is 0 Å². The average Bonchev–Trinajstić information content (AvgIpc) is 3.25. The van der Waals surface area contributed by atoms with E-state index in [2.05, 4.69) is 15.6 Å². The number of carbonyl (C=O) groups excluding carboxylic acids is 3. The van der Waals surface area contributed by atoms with Crippen LogP contribution in [0.1, 0.15) is 31.9 Å². The molecule has 0 spiro atoms. The topological polar surface area (TPSA) is 96.3 Å². The molecule has 2 aromatic rings. The van der Waals surface area contributed by atoms with Crippen LogP contribution in [0.3, 0.4) is 0 Å². The minimum Gasteiger partial charge on any atom is -0.348 e. The largest absolute Gasteiger partial charge is 0.348 e. The number of aromatic nitrogens is 2. The van der Waals surface area contributed by atoms with Gasteiger partial charge in [0.1, 0.15) is 6.04 Å². The molecule has 142 valence electrons. The van der Waals surface area contributed by atoms with Gasteiger partial charge in [-0.3, -0.25) is 14.4 Å². The summed E-state index contributed by atoms with van der Waals surface area (Å²) in [4.78, 5) is 42.6. The molecule has 1 aliphatic heterocycles. The first-order chi connectivity index (χ1) is 13.0. The fourth-order valence-electron chi connectivity index (χ4n) is 3.17. The minimum atomic E-state index is -0.840. The van der Waals surface area contributed by atoms with Crippen LogP contribution in [-0.2, 0) is 20.9 Å². The summed E-state index contributed by atoms with van der Waals surface area (Å²) in [7, 11) is 0. The lowest BCUT2D eigenvalue weighted by Gasteiger charge is -2.22. The van der Waals surface area contributed by atoms with Crippen molar-refractivity contribution in [1.82, 2.24) is 20.2 Å². The van der Waals surface area contributed by atoms with E-state index in [4.69, 9.17) is 0 Å². The van der Waals surface area contributed by atoms with E-state index >= 15 is 0 Å². The van der Waals surface area contributed by atoms with Gasteiger partial charge in [0.25, 0.3) is 5.91 Å². The van der Waals surface area contributed by atoms with Crippen molar-refractivity contribution in [2.75, 3.05) is 11.4 Å². The molecule has 1 unspecified atom stereocenters. The summed E-state index contributed by atoms with van der Waals surface area (Å²) >= 11 is 0. The Balaban J connectivity index is 1.56. The van der Waals surface area contributed by atoms with Crippen molar-refractivity contribution in [2.45, 2.75) is 38.9 Å². The molecule has 27 heavy (non-hydrogen) atoms. The number of rotatable bonds is 6. The van der Waals surface area contributed by atoms with Gasteiger partial charge >= 0.3 is 11.8 Å². The number of nitrogens with one attached hydrogen (secondary N) is 2. The van der Waals surface area contributed by atoms with Crippen LogP contribution in [0.4, 0.5) is 5.69 Å². The van der Waals surface area contributed by atoms with Gasteiger partial charge in [-0.1, -0.05) is 18.2 Å². The Morgan fingerprint density at radius 1 is 1.22 bits per heavy atom. The highest BCUT2D eigenvalue weighted by molar-refractivity contribution is 6.35. The standard InChI is InChI=1S/C19H23N5O3/c1-13(2)24-15-7-4-3-6-14(15)16(19(24)27)22-18(26)17(25)21-8-5-10-23-11-9-20-12-23/h3-4,6-7,9,11-13,16H,5,8,10H2,1-2H3,(H,21,25)(H,22,26). The van der Waals surface area contributed by atoms with Crippen molar-refractivity contribution in [3.63, 3.8) is 0 Å². The first kappa shape index (κ1) is 18.6. The van der Waals surface area contributed by atoms with E-state index in [0.29, 0.717) is 25.1 Å². The maximum absolute atomic E-state index is 12.7. The molecule has 0 fully saturated rings. The summed E-state index contributed by atoms with van der Waals surface area (Å²) in [6, 6.07) is 6.41. The number of carbonyl (C=O) groups is 3. The Labute approximate surface area is 157 Å². The Kier molecular flexibility index (Phi) is 5.54. The van der Waals surface area contributed by atoms with Crippen molar-refractivity contribution >= 4 is 23.4 Å². The van der Waals surface area contributed by atoms with E-state index in [1.165, 1.54) is 0 Å². The zero-order chi connectivity index (χ0) is 19.4. The van der Waals surface area contributed by atoms with Gasteiger partial charge in [0, 0.05) is 42.8 Å². The quantitative estimate of drug-likeness (QED) is 0.586. The van der Waals surface area contributed by atoms with Crippen LogP contribution in [0.15, 0.2) is 43.0 Å². The molecule has 3 amide bonds. The van der Waals surface area contributed by atoms with Crippen LogP contribution in [0.2, 0.25) is 0 Å². The third-order valence-electron chi connectivity index (χ3n) is 4.43. The Bertz CT molecular complexity index is 832. The number of amides is 3. The van der Waals surface area contributed by atoms with Crippen molar-refractivity contribution in [3.05, 3.63) is 48.5 Å². The summed E-state index contributed by atoms with van der Waals surface area (Å²) < 4.78 is 1.89. The predicted molar refractivity (Wildman–Crippen MR) is 99.8 cm³/mol. The van der Waals surface area contributed by atoms with Gasteiger partial charge in [0.05, 0.1) is 6.33 Å². The Hall–Kier alpha value is -3.16. The van der Waals surface area contributed by atoms with Crippen LogP contribution < -0.4 is 15.5 Å². The highest BCUT2D eigenvalue weighted by Crippen LogP contribution is 2.36. The second-order valence-corrected chi connectivity index (χ2v) is 6.68. The lowest BCUT2D eigenvalue weighted by molar-refractivity contribution is -0.140. The second-order valence-electron chi connectivity index (χ2n) is 6.68. The van der Waals surface area contributed by atoms with Crippen molar-refractivity contribution in [3.8, 4) is 0 Å². The van der Waals surface area contributed by atoms with Crippen molar-refractivity contribution < 1.29 is 14.4 Å². The number of para-hydroxylation sites is 1. The van der Waals surface area contributed by atoms with Crippen LogP contribution in [0.25, 0.3) is 0 Å². The number of benzene rings is 1. The van der Waals surface area contributed by atoms with Gasteiger partial charge in [-0.05, 0) is 26.3 Å². The first-order valence-electron chi connectivity index (χ1n) is 8.95. The Morgan fingerprint density at radius 2 is 2.00 bits per heavy atom. The molecule has 2 N–H and O–H groups in total. The van der Waals surface area contributed by atoms with Crippen LogP contribution in [0, 0.1) is 0 Å². The summed E-state index contributed by atoms with van der Waals surface area (Å²) in [6.07, 6.45) is 5.88. The van der Waals surface area contributed by atoms with Gasteiger partial charge in [0.15, 0.2) is 0 Å². The summed E-state index contributed by atoms with van der Waals surface area (Å²) in [5.74, 6) is -1.78. The molecule has 1 aromatic carbocycles. The molecule has 2 heterocycles. The monoisotopic (exact) mass is 369 g/mol. The molecule has 0 radical (unpaired) electrons. The van der Waals surface area contributed by atoms with E-state index in [-0.39, 0.29) is 11.9 Å².